The van der Waals surface area contributed by atoms with Crippen LogP contribution in [-0.4, -0.2) is 19.6 Å². The molecule has 0 aliphatic heterocycles. The lowest BCUT2D eigenvalue weighted by molar-refractivity contribution is 0.0953. The molecule has 2 rings (SSSR count). The van der Waals surface area contributed by atoms with E-state index in [1.54, 1.807) is 6.07 Å². The molecule has 1 aromatic carbocycles. The van der Waals surface area contributed by atoms with Crippen LogP contribution >= 0.6 is 0 Å². The van der Waals surface area contributed by atoms with Crippen LogP contribution in [0.5, 0.6) is 5.75 Å². The summed E-state index contributed by atoms with van der Waals surface area (Å²) >= 11 is 0. The van der Waals surface area contributed by atoms with E-state index in [9.17, 15) is 9.18 Å². The molecule has 0 saturated carbocycles. The maximum atomic E-state index is 13.5. The minimum Gasteiger partial charge on any atom is -0.494 e. The van der Waals surface area contributed by atoms with Gasteiger partial charge in [0.2, 0.25) is 0 Å². The summed E-state index contributed by atoms with van der Waals surface area (Å²) in [4.78, 5) is 11.9. The molecule has 0 aromatic heterocycles. The molecule has 0 atom stereocenters. The highest BCUT2D eigenvalue weighted by Gasteiger charge is 2.10. The molecule has 1 aliphatic rings. The quantitative estimate of drug-likeness (QED) is 0.837. The van der Waals surface area contributed by atoms with Crippen LogP contribution in [0.15, 0.2) is 29.8 Å². The second-order valence-electron chi connectivity index (χ2n) is 4.96. The molecule has 0 saturated heterocycles. The Morgan fingerprint density at radius 1 is 1.40 bits per heavy atom. The highest BCUT2D eigenvalue weighted by Crippen LogP contribution is 2.20. The van der Waals surface area contributed by atoms with Crippen LogP contribution in [0.25, 0.3) is 0 Å². The Labute approximate surface area is 118 Å². The molecule has 1 N–H and O–H groups in total. The molecule has 1 aliphatic carbocycles. The smallest absolute Gasteiger partial charge is 0.251 e. The number of ether oxygens (including phenoxy) is 1. The van der Waals surface area contributed by atoms with Gasteiger partial charge in [-0.2, -0.15) is 0 Å². The Hall–Kier alpha value is -1.84. The van der Waals surface area contributed by atoms with Crippen molar-refractivity contribution in [2.45, 2.75) is 32.1 Å². The van der Waals surface area contributed by atoms with Crippen molar-refractivity contribution in [3.63, 3.8) is 0 Å². The van der Waals surface area contributed by atoms with Gasteiger partial charge in [-0.05, 0) is 50.3 Å². The first-order chi connectivity index (χ1) is 9.70. The molecule has 3 nitrogen and oxygen atoms in total. The van der Waals surface area contributed by atoms with Gasteiger partial charge in [-0.3, -0.25) is 4.79 Å². The minimum atomic E-state index is -0.518. The molecule has 0 radical (unpaired) electrons. The molecule has 4 heteroatoms. The monoisotopic (exact) mass is 277 g/mol. The van der Waals surface area contributed by atoms with E-state index in [0.717, 1.165) is 19.3 Å². The number of rotatable bonds is 5. The largest absolute Gasteiger partial charge is 0.494 e. The van der Waals surface area contributed by atoms with Gasteiger partial charge in [0.1, 0.15) is 0 Å². The van der Waals surface area contributed by atoms with Gasteiger partial charge in [0, 0.05) is 12.1 Å². The number of hydrogen-bond acceptors (Lipinski definition) is 2. The Kier molecular flexibility index (Phi) is 5.16. The standard InChI is InChI=1S/C16H20FNO2/c1-20-15-8-7-13(11-14(15)17)16(19)18-10-9-12-5-3-2-4-6-12/h5,7-8,11H,2-4,6,9-10H2,1H3,(H,18,19). The molecule has 0 fully saturated rings. The highest BCUT2D eigenvalue weighted by atomic mass is 19.1. The first kappa shape index (κ1) is 14.6. The lowest BCUT2D eigenvalue weighted by atomic mass is 9.97. The Morgan fingerprint density at radius 3 is 2.90 bits per heavy atom. The summed E-state index contributed by atoms with van der Waals surface area (Å²) in [6.45, 7) is 0.596. The van der Waals surface area contributed by atoms with Crippen molar-refractivity contribution in [2.75, 3.05) is 13.7 Å². The Balaban J connectivity index is 1.85. The summed E-state index contributed by atoms with van der Waals surface area (Å²) in [6.07, 6.45) is 7.93. The van der Waals surface area contributed by atoms with E-state index in [0.29, 0.717) is 12.1 Å². The van der Waals surface area contributed by atoms with Crippen LogP contribution in [0.2, 0.25) is 0 Å². The van der Waals surface area contributed by atoms with Crippen LogP contribution in [-0.2, 0) is 0 Å². The van der Waals surface area contributed by atoms with Crippen molar-refractivity contribution < 1.29 is 13.9 Å². The van der Waals surface area contributed by atoms with E-state index in [1.807, 2.05) is 0 Å². The number of hydrogen-bond donors (Lipinski definition) is 1. The average molecular weight is 277 g/mol. The van der Waals surface area contributed by atoms with Gasteiger partial charge < -0.3 is 10.1 Å². The number of methoxy groups -OCH3 is 1. The van der Waals surface area contributed by atoms with Gasteiger partial charge in [0.15, 0.2) is 11.6 Å². The van der Waals surface area contributed by atoms with Gasteiger partial charge >= 0.3 is 0 Å². The Bertz CT molecular complexity index is 511. The van der Waals surface area contributed by atoms with E-state index in [2.05, 4.69) is 11.4 Å². The zero-order valence-corrected chi connectivity index (χ0v) is 11.7. The summed E-state index contributed by atoms with van der Waals surface area (Å²) in [5.74, 6) is -0.619. The number of carbonyl (C=O) groups excluding carboxylic acids is 1. The van der Waals surface area contributed by atoms with Gasteiger partial charge in [0.05, 0.1) is 7.11 Å². The van der Waals surface area contributed by atoms with Gasteiger partial charge in [0.25, 0.3) is 5.91 Å². The van der Waals surface area contributed by atoms with Gasteiger partial charge in [-0.25, -0.2) is 4.39 Å². The molecule has 20 heavy (non-hydrogen) atoms. The molecule has 108 valence electrons. The fraction of sp³-hybridized carbons (Fsp3) is 0.438. The summed E-state index contributed by atoms with van der Waals surface area (Å²) in [5, 5.41) is 2.82. The number of nitrogens with one attached hydrogen (secondary N) is 1. The number of amides is 1. The molecular weight excluding hydrogens is 257 g/mol. The molecule has 0 spiro atoms. The van der Waals surface area contributed by atoms with E-state index in [4.69, 9.17) is 4.74 Å². The number of halogens is 1. The van der Waals surface area contributed by atoms with Crippen LogP contribution in [0, 0.1) is 5.82 Å². The van der Waals surface area contributed by atoms with Crippen molar-refractivity contribution in [1.29, 1.82) is 0 Å². The topological polar surface area (TPSA) is 38.3 Å². The average Bonchev–Trinajstić information content (AvgIpc) is 2.48. The first-order valence-corrected chi connectivity index (χ1v) is 7.00. The second-order valence-corrected chi connectivity index (χ2v) is 4.96. The summed E-state index contributed by atoms with van der Waals surface area (Å²) in [5.41, 5.74) is 1.73. The third kappa shape index (κ3) is 3.83. The van der Waals surface area contributed by atoms with E-state index in [-0.39, 0.29) is 11.7 Å². The van der Waals surface area contributed by atoms with Crippen LogP contribution in [0.3, 0.4) is 0 Å². The molecular formula is C16H20FNO2. The second kappa shape index (κ2) is 7.08. The van der Waals surface area contributed by atoms with Crippen LogP contribution in [0.4, 0.5) is 4.39 Å². The number of benzene rings is 1. The number of allylic oxidation sites excluding steroid dienone is 1. The van der Waals surface area contributed by atoms with E-state index < -0.39 is 5.82 Å². The molecule has 0 heterocycles. The van der Waals surface area contributed by atoms with E-state index in [1.165, 1.54) is 37.7 Å². The van der Waals surface area contributed by atoms with Crippen molar-refractivity contribution in [2.24, 2.45) is 0 Å². The summed E-state index contributed by atoms with van der Waals surface area (Å²) in [6, 6.07) is 4.24. The van der Waals surface area contributed by atoms with Crippen molar-refractivity contribution in [1.82, 2.24) is 5.32 Å². The molecule has 0 bridgehead atoms. The SMILES string of the molecule is COc1ccc(C(=O)NCCC2=CCCCC2)cc1F. The Morgan fingerprint density at radius 2 is 2.25 bits per heavy atom. The predicted octanol–water partition coefficient (Wildman–Crippen LogP) is 3.45. The fourth-order valence-electron chi connectivity index (χ4n) is 2.38. The third-order valence-electron chi connectivity index (χ3n) is 3.53. The van der Waals surface area contributed by atoms with Gasteiger partial charge in [-0.1, -0.05) is 11.6 Å². The lowest BCUT2D eigenvalue weighted by Gasteiger charge is -2.13. The molecule has 0 unspecified atom stereocenters. The van der Waals surface area contributed by atoms with Crippen LogP contribution in [0.1, 0.15) is 42.5 Å². The van der Waals surface area contributed by atoms with E-state index >= 15 is 0 Å². The predicted molar refractivity (Wildman–Crippen MR) is 76.5 cm³/mol. The first-order valence-electron chi connectivity index (χ1n) is 7.00. The zero-order valence-electron chi connectivity index (χ0n) is 11.7. The lowest BCUT2D eigenvalue weighted by Crippen LogP contribution is -2.25. The van der Waals surface area contributed by atoms with Crippen molar-refractivity contribution in [3.8, 4) is 5.75 Å². The van der Waals surface area contributed by atoms with Crippen LogP contribution < -0.4 is 10.1 Å². The number of carbonyl (C=O) groups is 1. The zero-order chi connectivity index (χ0) is 14.4. The maximum Gasteiger partial charge on any atom is 0.251 e. The maximum absolute atomic E-state index is 13.5. The normalized spacial score (nSPS) is 14.6. The van der Waals surface area contributed by atoms with Gasteiger partial charge in [-0.15, -0.1) is 0 Å². The molecule has 1 amide bonds. The fourth-order valence-corrected chi connectivity index (χ4v) is 2.38. The summed E-state index contributed by atoms with van der Waals surface area (Å²) in [7, 11) is 1.40. The van der Waals surface area contributed by atoms with Crippen molar-refractivity contribution in [3.05, 3.63) is 41.2 Å². The van der Waals surface area contributed by atoms with Crippen molar-refractivity contribution >= 4 is 5.91 Å². The minimum absolute atomic E-state index is 0.147. The molecule has 1 aromatic rings. The third-order valence-corrected chi connectivity index (χ3v) is 3.53. The summed E-state index contributed by atoms with van der Waals surface area (Å²) < 4.78 is 18.3. The highest BCUT2D eigenvalue weighted by molar-refractivity contribution is 5.94.